The molecule has 0 bridgehead atoms. The summed E-state index contributed by atoms with van der Waals surface area (Å²) < 4.78 is 16.9. The molecule has 0 fully saturated rings. The molecule has 0 spiro atoms. The molecule has 0 aliphatic heterocycles. The Kier molecular flexibility index (Phi) is 4.71. The van der Waals surface area contributed by atoms with E-state index in [0.29, 0.717) is 6.29 Å². The number of allylic oxidation sites excluding steroid dienone is 4. The van der Waals surface area contributed by atoms with Crippen LogP contribution in [0.3, 0.4) is 0 Å². The Morgan fingerprint density at radius 3 is 3.00 bits per heavy atom. The van der Waals surface area contributed by atoms with E-state index in [0.717, 1.165) is 0 Å². The number of hydrogen-bond donors (Lipinski definition) is 0. The van der Waals surface area contributed by atoms with Crippen molar-refractivity contribution in [1.82, 2.24) is 0 Å². The van der Waals surface area contributed by atoms with Gasteiger partial charge in [0.25, 0.3) is 0 Å². The molecule has 1 rings (SSSR count). The highest BCUT2D eigenvalue weighted by molar-refractivity contribution is 14.1. The molecule has 1 unspecified atom stereocenters. The minimum atomic E-state index is -1.91. The molecular weight excluding hydrogens is 322 g/mol. The number of rotatable bonds is 5. The summed E-state index contributed by atoms with van der Waals surface area (Å²) in [5.41, 5.74) is 2.96. The molecule has 0 aromatic carbocycles. The summed E-state index contributed by atoms with van der Waals surface area (Å²) in [6.07, 6.45) is 8.48. The molecule has 0 radical (unpaired) electrons. The first-order chi connectivity index (χ1) is 7.59. The highest BCUT2D eigenvalue weighted by Gasteiger charge is 2.28. The number of halogens is 2. The van der Waals surface area contributed by atoms with Gasteiger partial charge in [0, 0.05) is 29.0 Å². The summed E-state index contributed by atoms with van der Waals surface area (Å²) in [7, 11) is 0. The van der Waals surface area contributed by atoms with E-state index < -0.39 is 3.86 Å². The lowest BCUT2D eigenvalue weighted by atomic mass is 10.2. The molecule has 0 heterocycles. The van der Waals surface area contributed by atoms with Crippen LogP contribution in [-0.4, -0.2) is 10.1 Å². The minimum Gasteiger partial charge on any atom is -0.441 e. The fourth-order valence-electron chi connectivity index (χ4n) is 1.04. The molecule has 1 aliphatic carbocycles. The number of aldehydes is 1. The topological polar surface area (TPSA) is 26.3 Å². The molecule has 0 saturated carbocycles. The summed E-state index contributed by atoms with van der Waals surface area (Å²) >= 11 is 1.52. The van der Waals surface area contributed by atoms with Crippen LogP contribution in [0, 0.1) is 0 Å². The Morgan fingerprint density at radius 1 is 1.62 bits per heavy atom. The number of carbonyl (C=O) groups is 1. The molecule has 2 nitrogen and oxygen atoms in total. The van der Waals surface area contributed by atoms with Gasteiger partial charge in [-0.05, 0) is 12.2 Å². The summed E-state index contributed by atoms with van der Waals surface area (Å²) in [5, 5.41) is 0. The fourth-order valence-corrected chi connectivity index (χ4v) is 1.57. The Labute approximate surface area is 107 Å². The zero-order chi connectivity index (χ0) is 12.0. The van der Waals surface area contributed by atoms with Gasteiger partial charge in [0.05, 0.1) is 5.57 Å². The standard InChI is InChI=1S/C12H10FIO2/c1-2-8-12(13,14)16-11-7-5-3-4-6-10(11)9-15/h2-6,9H,1,8H2. The highest BCUT2D eigenvalue weighted by atomic mass is 127. The number of ether oxygens (including phenoxy) is 1. The predicted molar refractivity (Wildman–Crippen MR) is 68.6 cm³/mol. The van der Waals surface area contributed by atoms with Crippen LogP contribution >= 0.6 is 22.6 Å². The smallest absolute Gasteiger partial charge is 0.302 e. The molecule has 16 heavy (non-hydrogen) atoms. The summed E-state index contributed by atoms with van der Waals surface area (Å²) in [6, 6.07) is 0. The maximum atomic E-state index is 13.8. The average Bonchev–Trinajstić information content (AvgIpc) is 2.42. The van der Waals surface area contributed by atoms with E-state index in [9.17, 15) is 9.18 Å². The zero-order valence-electron chi connectivity index (χ0n) is 8.45. The van der Waals surface area contributed by atoms with E-state index in [1.54, 1.807) is 24.3 Å². The van der Waals surface area contributed by atoms with Gasteiger partial charge in [-0.15, -0.1) is 6.58 Å². The van der Waals surface area contributed by atoms with Gasteiger partial charge in [-0.1, -0.05) is 24.0 Å². The summed E-state index contributed by atoms with van der Waals surface area (Å²) in [5.74, 6) is 0.0961. The molecule has 0 saturated heterocycles. The van der Waals surface area contributed by atoms with Crippen LogP contribution in [0.15, 0.2) is 54.0 Å². The number of alkyl halides is 2. The van der Waals surface area contributed by atoms with E-state index in [1.165, 1.54) is 28.7 Å². The lowest BCUT2D eigenvalue weighted by Crippen LogP contribution is -2.17. The Hall–Kier alpha value is -1.13. The van der Waals surface area contributed by atoms with E-state index in [-0.39, 0.29) is 17.8 Å². The van der Waals surface area contributed by atoms with E-state index in [1.807, 2.05) is 0 Å². The third-order valence-electron chi connectivity index (χ3n) is 1.72. The van der Waals surface area contributed by atoms with Crippen molar-refractivity contribution in [3.63, 3.8) is 0 Å². The van der Waals surface area contributed by atoms with Gasteiger partial charge < -0.3 is 4.74 Å². The summed E-state index contributed by atoms with van der Waals surface area (Å²) in [6.45, 7) is 3.44. The molecule has 0 aromatic rings. The quantitative estimate of drug-likeness (QED) is 0.254. The Bertz CT molecular complexity index is 413. The lowest BCUT2D eigenvalue weighted by Gasteiger charge is -2.19. The van der Waals surface area contributed by atoms with Crippen molar-refractivity contribution in [2.45, 2.75) is 10.3 Å². The van der Waals surface area contributed by atoms with Crippen molar-refractivity contribution in [2.75, 3.05) is 0 Å². The van der Waals surface area contributed by atoms with Crippen LogP contribution in [0.5, 0.6) is 0 Å². The number of carbonyl (C=O) groups excluding carboxylic acids is 1. The Balaban J connectivity index is 2.92. The molecule has 4 heteroatoms. The van der Waals surface area contributed by atoms with Crippen molar-refractivity contribution in [3.05, 3.63) is 54.0 Å². The SMILES string of the molecule is C=CCC(F)(I)OC1=C=CC=CC=C1C=O. The molecular formula is C12H10FIO2. The van der Waals surface area contributed by atoms with Gasteiger partial charge in [0.15, 0.2) is 12.0 Å². The van der Waals surface area contributed by atoms with Gasteiger partial charge >= 0.3 is 3.86 Å². The maximum absolute atomic E-state index is 13.8. The maximum Gasteiger partial charge on any atom is 0.302 e. The molecule has 1 aliphatic rings. The first-order valence-electron chi connectivity index (χ1n) is 4.56. The van der Waals surface area contributed by atoms with Crippen molar-refractivity contribution in [2.24, 2.45) is 0 Å². The highest BCUT2D eigenvalue weighted by Crippen LogP contribution is 2.31. The third-order valence-corrected chi connectivity index (χ3v) is 2.38. The molecule has 0 N–H and O–H groups in total. The largest absolute Gasteiger partial charge is 0.441 e. The van der Waals surface area contributed by atoms with Crippen molar-refractivity contribution < 1.29 is 13.9 Å². The van der Waals surface area contributed by atoms with Crippen LogP contribution in [-0.2, 0) is 9.53 Å². The van der Waals surface area contributed by atoms with E-state index in [2.05, 4.69) is 12.3 Å². The molecule has 1 atom stereocenters. The second kappa shape index (κ2) is 5.82. The third kappa shape index (κ3) is 3.79. The molecule has 0 aromatic heterocycles. The van der Waals surface area contributed by atoms with Crippen LogP contribution in [0.1, 0.15) is 6.42 Å². The lowest BCUT2D eigenvalue weighted by molar-refractivity contribution is -0.105. The molecule has 84 valence electrons. The van der Waals surface area contributed by atoms with Crippen molar-refractivity contribution in [1.29, 1.82) is 0 Å². The Morgan fingerprint density at radius 2 is 2.38 bits per heavy atom. The zero-order valence-corrected chi connectivity index (χ0v) is 10.6. The van der Waals surface area contributed by atoms with E-state index in [4.69, 9.17) is 4.74 Å². The first-order valence-corrected chi connectivity index (χ1v) is 5.64. The average molecular weight is 332 g/mol. The van der Waals surface area contributed by atoms with Crippen LogP contribution in [0.25, 0.3) is 0 Å². The second-order valence-corrected chi connectivity index (χ2v) is 4.61. The first kappa shape index (κ1) is 12.9. The predicted octanol–water partition coefficient (Wildman–Crippen LogP) is 3.37. The number of hydrogen-bond acceptors (Lipinski definition) is 2. The van der Waals surface area contributed by atoms with Gasteiger partial charge in [-0.3, -0.25) is 4.79 Å². The van der Waals surface area contributed by atoms with Crippen molar-refractivity contribution >= 4 is 28.9 Å². The molecule has 0 amide bonds. The fraction of sp³-hybridized carbons (Fsp3) is 0.167. The van der Waals surface area contributed by atoms with E-state index >= 15 is 0 Å². The van der Waals surface area contributed by atoms with Crippen LogP contribution in [0.2, 0.25) is 0 Å². The van der Waals surface area contributed by atoms with Crippen LogP contribution in [0.4, 0.5) is 4.39 Å². The normalized spacial score (nSPS) is 17.9. The van der Waals surface area contributed by atoms with Gasteiger partial charge in [-0.2, -0.15) is 4.39 Å². The second-order valence-electron chi connectivity index (χ2n) is 3.00. The van der Waals surface area contributed by atoms with Gasteiger partial charge in [0.1, 0.15) is 0 Å². The van der Waals surface area contributed by atoms with Gasteiger partial charge in [0.2, 0.25) is 0 Å². The van der Waals surface area contributed by atoms with Crippen LogP contribution < -0.4 is 0 Å². The monoisotopic (exact) mass is 332 g/mol. The summed E-state index contributed by atoms with van der Waals surface area (Å²) in [4.78, 5) is 10.8. The van der Waals surface area contributed by atoms with Crippen molar-refractivity contribution in [3.8, 4) is 0 Å². The van der Waals surface area contributed by atoms with Gasteiger partial charge in [-0.25, -0.2) is 0 Å². The minimum absolute atomic E-state index is 0.0261.